The van der Waals surface area contributed by atoms with Crippen LogP contribution in [0.3, 0.4) is 0 Å². The van der Waals surface area contributed by atoms with Crippen molar-refractivity contribution in [3.05, 3.63) is 0 Å². The zero-order chi connectivity index (χ0) is 15.9. The maximum atomic E-state index is 10.7. The lowest BCUT2D eigenvalue weighted by Crippen LogP contribution is -2.20. The molecule has 0 aliphatic rings. The average molecular weight is 300 g/mol. The van der Waals surface area contributed by atoms with Crippen LogP contribution in [0.2, 0.25) is 0 Å². The molecule has 21 heavy (non-hydrogen) atoms. The second-order valence-electron chi connectivity index (χ2n) is 6.16. The topological polar surface area (TPSA) is 35.5 Å². The fourth-order valence-electron chi connectivity index (χ4n) is 2.29. The molecule has 0 fully saturated rings. The number of unbranched alkanes of at least 4 members (excludes halogenated alkanes) is 7. The van der Waals surface area contributed by atoms with Gasteiger partial charge in [-0.1, -0.05) is 58.8 Å². The normalized spacial score (nSPS) is 13.9. The number of ether oxygens (including phenoxy) is 2. The van der Waals surface area contributed by atoms with E-state index in [0.717, 1.165) is 19.4 Å². The molecule has 0 bridgehead atoms. The number of rotatable bonds is 14. The standard InChI is InChI=1S/C18H36O3/c1-5-6-7-8-9-10-11-12-14-20-17(3)16(2)13-15-21-18(4)19/h16-17H,5-15H2,1-4H3. The van der Waals surface area contributed by atoms with Crippen LogP contribution in [0.5, 0.6) is 0 Å². The Labute approximate surface area is 131 Å². The minimum Gasteiger partial charge on any atom is -0.466 e. The first-order chi connectivity index (χ1) is 10.1. The summed E-state index contributed by atoms with van der Waals surface area (Å²) in [7, 11) is 0. The van der Waals surface area contributed by atoms with E-state index in [0.29, 0.717) is 12.5 Å². The SMILES string of the molecule is CCCCCCCCCCOC(C)C(C)CCOC(C)=O. The molecule has 0 N–H and O–H groups in total. The van der Waals surface area contributed by atoms with E-state index >= 15 is 0 Å². The highest BCUT2D eigenvalue weighted by atomic mass is 16.5. The van der Waals surface area contributed by atoms with Gasteiger partial charge >= 0.3 is 5.97 Å². The summed E-state index contributed by atoms with van der Waals surface area (Å²) in [5, 5.41) is 0. The number of carbonyl (C=O) groups excluding carboxylic acids is 1. The molecule has 3 nitrogen and oxygen atoms in total. The highest BCUT2D eigenvalue weighted by Crippen LogP contribution is 2.13. The number of esters is 1. The van der Waals surface area contributed by atoms with Crippen molar-refractivity contribution in [2.24, 2.45) is 5.92 Å². The highest BCUT2D eigenvalue weighted by molar-refractivity contribution is 5.65. The third-order valence-corrected chi connectivity index (χ3v) is 4.06. The molecule has 2 unspecified atom stereocenters. The predicted octanol–water partition coefficient (Wildman–Crippen LogP) is 5.12. The van der Waals surface area contributed by atoms with E-state index in [4.69, 9.17) is 9.47 Å². The maximum Gasteiger partial charge on any atom is 0.302 e. The Balaban J connectivity index is 3.35. The Bertz CT molecular complexity index is 241. The third-order valence-electron chi connectivity index (χ3n) is 4.06. The molecule has 0 heterocycles. The van der Waals surface area contributed by atoms with Gasteiger partial charge in [0.2, 0.25) is 0 Å². The third kappa shape index (κ3) is 14.1. The van der Waals surface area contributed by atoms with E-state index in [1.807, 2.05) is 0 Å². The van der Waals surface area contributed by atoms with Crippen LogP contribution in [0.4, 0.5) is 0 Å². The first-order valence-electron chi connectivity index (χ1n) is 8.82. The molecular formula is C18H36O3. The average Bonchev–Trinajstić information content (AvgIpc) is 2.44. The fraction of sp³-hybridized carbons (Fsp3) is 0.944. The summed E-state index contributed by atoms with van der Waals surface area (Å²) in [6.45, 7) is 9.33. The molecule has 0 aromatic rings. The molecule has 3 heteroatoms. The van der Waals surface area contributed by atoms with E-state index in [-0.39, 0.29) is 12.1 Å². The molecule has 126 valence electrons. The van der Waals surface area contributed by atoms with Crippen LogP contribution in [0.25, 0.3) is 0 Å². The molecule has 0 aromatic heterocycles. The van der Waals surface area contributed by atoms with E-state index in [1.165, 1.54) is 51.9 Å². The quantitative estimate of drug-likeness (QED) is 0.330. The largest absolute Gasteiger partial charge is 0.466 e. The van der Waals surface area contributed by atoms with Gasteiger partial charge in [-0.05, 0) is 25.7 Å². The lowest BCUT2D eigenvalue weighted by Gasteiger charge is -2.20. The molecule has 0 spiro atoms. The Morgan fingerprint density at radius 2 is 1.48 bits per heavy atom. The zero-order valence-corrected chi connectivity index (χ0v) is 14.7. The van der Waals surface area contributed by atoms with Crippen LogP contribution in [-0.2, 0) is 14.3 Å². The molecule has 0 aliphatic carbocycles. The van der Waals surface area contributed by atoms with Crippen molar-refractivity contribution in [1.82, 2.24) is 0 Å². The van der Waals surface area contributed by atoms with Crippen LogP contribution in [0.1, 0.15) is 85.5 Å². The van der Waals surface area contributed by atoms with Gasteiger partial charge in [0.05, 0.1) is 12.7 Å². The van der Waals surface area contributed by atoms with Gasteiger partial charge in [0.1, 0.15) is 0 Å². The molecule has 0 radical (unpaired) electrons. The molecule has 0 saturated heterocycles. The summed E-state index contributed by atoms with van der Waals surface area (Å²) in [6, 6.07) is 0. The van der Waals surface area contributed by atoms with Gasteiger partial charge in [-0.15, -0.1) is 0 Å². The molecule has 0 rings (SSSR count). The van der Waals surface area contributed by atoms with Gasteiger partial charge in [0.25, 0.3) is 0 Å². The van der Waals surface area contributed by atoms with E-state index in [2.05, 4.69) is 20.8 Å². The number of hydrogen-bond acceptors (Lipinski definition) is 3. The van der Waals surface area contributed by atoms with E-state index in [1.54, 1.807) is 0 Å². The van der Waals surface area contributed by atoms with Crippen LogP contribution in [-0.4, -0.2) is 25.3 Å². The fourth-order valence-corrected chi connectivity index (χ4v) is 2.29. The van der Waals surface area contributed by atoms with E-state index in [9.17, 15) is 4.79 Å². The molecule has 0 aromatic carbocycles. The van der Waals surface area contributed by atoms with Crippen molar-refractivity contribution >= 4 is 5.97 Å². The summed E-state index contributed by atoms with van der Waals surface area (Å²) >= 11 is 0. The number of carbonyl (C=O) groups is 1. The smallest absolute Gasteiger partial charge is 0.302 e. The monoisotopic (exact) mass is 300 g/mol. The molecule has 0 aliphatic heterocycles. The highest BCUT2D eigenvalue weighted by Gasteiger charge is 2.12. The zero-order valence-electron chi connectivity index (χ0n) is 14.7. The summed E-state index contributed by atoms with van der Waals surface area (Å²) in [5.74, 6) is 0.230. The van der Waals surface area contributed by atoms with Gasteiger partial charge in [-0.25, -0.2) is 0 Å². The first kappa shape index (κ1) is 20.4. The number of hydrogen-bond donors (Lipinski definition) is 0. The van der Waals surface area contributed by atoms with Crippen LogP contribution >= 0.6 is 0 Å². The summed E-state index contributed by atoms with van der Waals surface area (Å²) in [4.78, 5) is 10.7. The van der Waals surface area contributed by atoms with Crippen molar-refractivity contribution in [3.8, 4) is 0 Å². The van der Waals surface area contributed by atoms with Gasteiger partial charge in [0.15, 0.2) is 0 Å². The van der Waals surface area contributed by atoms with Gasteiger partial charge in [0, 0.05) is 13.5 Å². The molecule has 0 amide bonds. The van der Waals surface area contributed by atoms with E-state index < -0.39 is 0 Å². The molecule has 0 saturated carbocycles. The second-order valence-corrected chi connectivity index (χ2v) is 6.16. The summed E-state index contributed by atoms with van der Waals surface area (Å²) in [5.41, 5.74) is 0. The summed E-state index contributed by atoms with van der Waals surface area (Å²) < 4.78 is 10.8. The first-order valence-corrected chi connectivity index (χ1v) is 8.82. The van der Waals surface area contributed by atoms with Crippen LogP contribution in [0.15, 0.2) is 0 Å². The van der Waals surface area contributed by atoms with Crippen molar-refractivity contribution < 1.29 is 14.3 Å². The van der Waals surface area contributed by atoms with Crippen LogP contribution in [0, 0.1) is 5.92 Å². The van der Waals surface area contributed by atoms with Crippen molar-refractivity contribution in [2.45, 2.75) is 91.6 Å². The predicted molar refractivity (Wildman–Crippen MR) is 88.4 cm³/mol. The van der Waals surface area contributed by atoms with Crippen molar-refractivity contribution in [1.29, 1.82) is 0 Å². The van der Waals surface area contributed by atoms with Gasteiger partial charge in [-0.2, -0.15) is 0 Å². The Kier molecular flexibility index (Phi) is 14.0. The molecular weight excluding hydrogens is 264 g/mol. The Hall–Kier alpha value is -0.570. The van der Waals surface area contributed by atoms with Crippen molar-refractivity contribution in [3.63, 3.8) is 0 Å². The van der Waals surface area contributed by atoms with Gasteiger partial charge in [-0.3, -0.25) is 4.79 Å². The van der Waals surface area contributed by atoms with Crippen LogP contribution < -0.4 is 0 Å². The van der Waals surface area contributed by atoms with Crippen molar-refractivity contribution in [2.75, 3.05) is 13.2 Å². The Morgan fingerprint density at radius 1 is 0.905 bits per heavy atom. The maximum absolute atomic E-state index is 10.7. The lowest BCUT2D eigenvalue weighted by molar-refractivity contribution is -0.141. The minimum atomic E-state index is -0.199. The Morgan fingerprint density at radius 3 is 2.05 bits per heavy atom. The summed E-state index contributed by atoms with van der Waals surface area (Å²) in [6.07, 6.45) is 11.7. The van der Waals surface area contributed by atoms with Gasteiger partial charge < -0.3 is 9.47 Å². The minimum absolute atomic E-state index is 0.199. The second kappa shape index (κ2) is 14.4. The molecule has 2 atom stereocenters. The lowest BCUT2D eigenvalue weighted by atomic mass is 10.0.